The molecule has 0 saturated carbocycles. The first kappa shape index (κ1) is 26.6. The lowest BCUT2D eigenvalue weighted by atomic mass is 10.1. The van der Waals surface area contributed by atoms with Crippen molar-refractivity contribution in [2.45, 2.75) is 31.8 Å². The Hall–Kier alpha value is -2.43. The summed E-state index contributed by atoms with van der Waals surface area (Å²) in [5.74, 6) is 0.789. The van der Waals surface area contributed by atoms with Crippen molar-refractivity contribution in [3.05, 3.63) is 68.4 Å². The van der Waals surface area contributed by atoms with Gasteiger partial charge >= 0.3 is 0 Å². The fourth-order valence-corrected chi connectivity index (χ4v) is 5.65. The molecule has 0 spiro atoms. The summed E-state index contributed by atoms with van der Waals surface area (Å²) in [5.41, 5.74) is 2.62. The predicted octanol–water partition coefficient (Wildman–Crippen LogP) is 5.19. The van der Waals surface area contributed by atoms with E-state index in [4.69, 9.17) is 34.8 Å². The second-order valence-electron chi connectivity index (χ2n) is 8.48. The van der Waals surface area contributed by atoms with Gasteiger partial charge in [0, 0.05) is 31.0 Å². The van der Waals surface area contributed by atoms with E-state index in [2.05, 4.69) is 15.1 Å². The van der Waals surface area contributed by atoms with Crippen molar-refractivity contribution < 1.29 is 13.5 Å². The standard InChI is InChI=1S/C24H24Cl3N5O3S/c1-14-5-7-16(8-6-14)13-31(9-4-10-33)22-20-23(29-15(2)28-22)32(30-24(20)36(3,34)35)21-18(26)11-17(25)12-19(21)27/h5-8,11-12,33H,4,9-10,13H2,1-3H3. The van der Waals surface area contributed by atoms with E-state index in [1.54, 1.807) is 6.92 Å². The van der Waals surface area contributed by atoms with Crippen LogP contribution in [0.5, 0.6) is 0 Å². The van der Waals surface area contributed by atoms with E-state index < -0.39 is 9.84 Å². The van der Waals surface area contributed by atoms with Crippen molar-refractivity contribution in [2.24, 2.45) is 0 Å². The van der Waals surface area contributed by atoms with Crippen molar-refractivity contribution in [1.82, 2.24) is 19.7 Å². The number of aliphatic hydroxyl groups is 1. The fraction of sp³-hybridized carbons (Fsp3) is 0.292. The Kier molecular flexibility index (Phi) is 7.78. The molecule has 0 bridgehead atoms. The van der Waals surface area contributed by atoms with E-state index in [1.165, 1.54) is 16.8 Å². The number of fused-ring (bicyclic) bond motifs is 1. The van der Waals surface area contributed by atoms with Crippen LogP contribution in [0, 0.1) is 13.8 Å². The number of sulfone groups is 1. The largest absolute Gasteiger partial charge is 0.396 e. The molecule has 4 rings (SSSR count). The molecule has 0 saturated heterocycles. The number of nitrogens with zero attached hydrogens (tertiary/aromatic N) is 5. The summed E-state index contributed by atoms with van der Waals surface area (Å²) in [4.78, 5) is 11.1. The first-order chi connectivity index (χ1) is 17.0. The third kappa shape index (κ3) is 5.45. The lowest BCUT2D eigenvalue weighted by molar-refractivity contribution is 0.289. The van der Waals surface area contributed by atoms with Crippen molar-refractivity contribution in [1.29, 1.82) is 0 Å². The molecule has 0 atom stereocenters. The molecule has 0 radical (unpaired) electrons. The van der Waals surface area contributed by atoms with Crippen LogP contribution in [-0.4, -0.2) is 52.7 Å². The number of benzene rings is 2. The maximum atomic E-state index is 12.9. The minimum absolute atomic E-state index is 0.0359. The van der Waals surface area contributed by atoms with Crippen LogP contribution in [0.1, 0.15) is 23.4 Å². The van der Waals surface area contributed by atoms with Crippen LogP contribution in [0.4, 0.5) is 5.82 Å². The Morgan fingerprint density at radius 2 is 1.67 bits per heavy atom. The van der Waals surface area contributed by atoms with Gasteiger partial charge in [-0.2, -0.15) is 5.10 Å². The average molecular weight is 569 g/mol. The maximum absolute atomic E-state index is 12.9. The summed E-state index contributed by atoms with van der Waals surface area (Å²) in [6.07, 6.45) is 1.53. The number of halogens is 3. The minimum atomic E-state index is -3.82. The summed E-state index contributed by atoms with van der Waals surface area (Å²) in [7, 11) is -3.82. The highest BCUT2D eigenvalue weighted by Gasteiger charge is 2.29. The first-order valence-corrected chi connectivity index (χ1v) is 14.1. The summed E-state index contributed by atoms with van der Waals surface area (Å²) in [5, 5.41) is 14.7. The summed E-state index contributed by atoms with van der Waals surface area (Å²) in [6, 6.07) is 11.0. The molecular formula is C24H24Cl3N5O3S. The molecule has 4 aromatic rings. The second-order valence-corrected chi connectivity index (χ2v) is 11.7. The highest BCUT2D eigenvalue weighted by atomic mass is 35.5. The molecule has 36 heavy (non-hydrogen) atoms. The maximum Gasteiger partial charge on any atom is 0.195 e. The topological polar surface area (TPSA) is 101 Å². The first-order valence-electron chi connectivity index (χ1n) is 11.0. The summed E-state index contributed by atoms with van der Waals surface area (Å²) >= 11 is 19.0. The minimum Gasteiger partial charge on any atom is -0.396 e. The van der Waals surface area contributed by atoms with Crippen LogP contribution >= 0.6 is 34.8 Å². The monoisotopic (exact) mass is 567 g/mol. The van der Waals surface area contributed by atoms with Gasteiger partial charge in [0.15, 0.2) is 20.5 Å². The number of hydrogen-bond acceptors (Lipinski definition) is 7. The molecule has 2 heterocycles. The second kappa shape index (κ2) is 10.5. The number of anilines is 1. The molecule has 12 heteroatoms. The molecule has 0 fully saturated rings. The van der Waals surface area contributed by atoms with E-state index >= 15 is 0 Å². The molecule has 0 aliphatic rings. The Morgan fingerprint density at radius 1 is 1.03 bits per heavy atom. The van der Waals surface area contributed by atoms with E-state index in [0.717, 1.165) is 17.4 Å². The predicted molar refractivity (Wildman–Crippen MR) is 143 cm³/mol. The zero-order chi connectivity index (χ0) is 26.2. The van der Waals surface area contributed by atoms with Gasteiger partial charge in [-0.1, -0.05) is 64.6 Å². The molecular weight excluding hydrogens is 545 g/mol. The highest BCUT2D eigenvalue weighted by molar-refractivity contribution is 7.90. The molecule has 2 aromatic carbocycles. The van der Waals surface area contributed by atoms with E-state index in [1.807, 2.05) is 36.1 Å². The van der Waals surface area contributed by atoms with Crippen LogP contribution in [0.15, 0.2) is 41.4 Å². The molecule has 8 nitrogen and oxygen atoms in total. The van der Waals surface area contributed by atoms with Gasteiger partial charge in [-0.3, -0.25) is 0 Å². The van der Waals surface area contributed by atoms with Crippen LogP contribution in [0.3, 0.4) is 0 Å². The van der Waals surface area contributed by atoms with Gasteiger partial charge in [0.05, 0.1) is 10.0 Å². The van der Waals surface area contributed by atoms with Crippen LogP contribution in [0.25, 0.3) is 16.7 Å². The third-order valence-electron chi connectivity index (χ3n) is 5.51. The molecule has 190 valence electrons. The molecule has 0 unspecified atom stereocenters. The van der Waals surface area contributed by atoms with Gasteiger partial charge in [0.1, 0.15) is 22.7 Å². The van der Waals surface area contributed by atoms with Crippen LogP contribution in [-0.2, 0) is 16.4 Å². The van der Waals surface area contributed by atoms with Gasteiger partial charge in [0.25, 0.3) is 0 Å². The van der Waals surface area contributed by atoms with Crippen molar-refractivity contribution in [2.75, 3.05) is 24.3 Å². The smallest absolute Gasteiger partial charge is 0.195 e. The molecule has 1 N–H and O–H groups in total. The van der Waals surface area contributed by atoms with Crippen LogP contribution < -0.4 is 4.90 Å². The fourth-order valence-electron chi connectivity index (χ4n) is 3.89. The SMILES string of the molecule is Cc1ccc(CN(CCCO)c2nc(C)nc3c2c(S(C)(=O)=O)nn3-c2c(Cl)cc(Cl)cc2Cl)cc1. The Bertz CT molecular complexity index is 1520. The lowest BCUT2D eigenvalue weighted by Gasteiger charge is -2.25. The number of rotatable bonds is 8. The van der Waals surface area contributed by atoms with Gasteiger partial charge in [-0.15, -0.1) is 0 Å². The quantitative estimate of drug-likeness (QED) is 0.312. The Labute approximate surface area is 224 Å². The Morgan fingerprint density at radius 3 is 2.25 bits per heavy atom. The van der Waals surface area contributed by atoms with E-state index in [0.29, 0.717) is 36.2 Å². The Balaban J connectivity index is 2.02. The number of aryl methyl sites for hydroxylation is 2. The third-order valence-corrected chi connectivity index (χ3v) is 7.30. The number of aliphatic hydroxyl groups excluding tert-OH is 1. The van der Waals surface area contributed by atoms with Crippen LogP contribution in [0.2, 0.25) is 15.1 Å². The lowest BCUT2D eigenvalue weighted by Crippen LogP contribution is -2.26. The zero-order valence-corrected chi connectivity index (χ0v) is 22.9. The van der Waals surface area contributed by atoms with Gasteiger partial charge < -0.3 is 10.0 Å². The normalized spacial score (nSPS) is 11.9. The number of hydrogen-bond donors (Lipinski definition) is 1. The average Bonchev–Trinajstić information content (AvgIpc) is 3.16. The van der Waals surface area contributed by atoms with Crippen molar-refractivity contribution in [3.8, 4) is 5.69 Å². The van der Waals surface area contributed by atoms with Gasteiger partial charge in [-0.05, 0) is 38.0 Å². The molecule has 0 aliphatic carbocycles. The van der Waals surface area contributed by atoms with E-state index in [-0.39, 0.29) is 38.4 Å². The molecule has 2 aromatic heterocycles. The van der Waals surface area contributed by atoms with E-state index in [9.17, 15) is 13.5 Å². The summed E-state index contributed by atoms with van der Waals surface area (Å²) in [6.45, 7) is 4.53. The van der Waals surface area contributed by atoms with Crippen molar-refractivity contribution >= 4 is 61.5 Å². The van der Waals surface area contributed by atoms with Crippen molar-refractivity contribution in [3.63, 3.8) is 0 Å². The number of aromatic nitrogens is 4. The zero-order valence-electron chi connectivity index (χ0n) is 19.8. The van der Waals surface area contributed by atoms with Gasteiger partial charge in [-0.25, -0.2) is 23.1 Å². The molecule has 0 amide bonds. The van der Waals surface area contributed by atoms with Gasteiger partial charge in [0.2, 0.25) is 0 Å². The molecule has 0 aliphatic heterocycles. The highest BCUT2D eigenvalue weighted by Crippen LogP contribution is 2.37. The summed E-state index contributed by atoms with van der Waals surface area (Å²) < 4.78 is 27.1.